The largest absolute Gasteiger partial charge is 0.481 e. The van der Waals surface area contributed by atoms with E-state index in [1.807, 2.05) is 6.92 Å². The summed E-state index contributed by atoms with van der Waals surface area (Å²) in [5.41, 5.74) is 5.88. The lowest BCUT2D eigenvalue weighted by atomic mass is 9.94. The van der Waals surface area contributed by atoms with Crippen molar-refractivity contribution < 1.29 is 34.2 Å². The van der Waals surface area contributed by atoms with Gasteiger partial charge < -0.3 is 31.9 Å². The highest BCUT2D eigenvalue weighted by atomic mass is 16.4. The highest BCUT2D eigenvalue weighted by Gasteiger charge is 2.35. The number of rotatable bonds is 14. The molecule has 11 heteroatoms. The topological polar surface area (TPSA) is 188 Å². The van der Waals surface area contributed by atoms with Gasteiger partial charge in [0.25, 0.3) is 0 Å². The van der Waals surface area contributed by atoms with Crippen LogP contribution in [0.2, 0.25) is 0 Å². The zero-order chi connectivity index (χ0) is 25.2. The van der Waals surface area contributed by atoms with E-state index >= 15 is 0 Å². The first-order valence-electron chi connectivity index (χ1n) is 10.9. The number of hydrogen-bond acceptors (Lipinski definition) is 6. The minimum atomic E-state index is -1.64. The van der Waals surface area contributed by atoms with Crippen molar-refractivity contribution in [3.8, 4) is 0 Å². The van der Waals surface area contributed by atoms with Crippen LogP contribution in [0, 0.1) is 17.8 Å². The summed E-state index contributed by atoms with van der Waals surface area (Å²) in [5.74, 6) is -5.58. The van der Waals surface area contributed by atoms with E-state index in [-0.39, 0.29) is 17.8 Å². The first-order valence-corrected chi connectivity index (χ1v) is 10.9. The van der Waals surface area contributed by atoms with Crippen LogP contribution in [-0.2, 0) is 24.0 Å². The lowest BCUT2D eigenvalue weighted by molar-refractivity contribution is -0.147. The average Bonchev–Trinajstić information content (AvgIpc) is 2.72. The molecule has 32 heavy (non-hydrogen) atoms. The summed E-state index contributed by atoms with van der Waals surface area (Å²) in [5, 5.41) is 25.5. The van der Waals surface area contributed by atoms with Crippen LogP contribution in [-0.4, -0.2) is 64.0 Å². The minimum Gasteiger partial charge on any atom is -0.481 e. The molecule has 0 heterocycles. The van der Waals surface area contributed by atoms with Crippen molar-refractivity contribution >= 4 is 29.7 Å². The van der Waals surface area contributed by atoms with Crippen molar-refractivity contribution in [1.82, 2.24) is 16.0 Å². The van der Waals surface area contributed by atoms with Gasteiger partial charge in [-0.15, -0.1) is 0 Å². The second kappa shape index (κ2) is 13.7. The van der Waals surface area contributed by atoms with Gasteiger partial charge in [0.1, 0.15) is 18.1 Å². The van der Waals surface area contributed by atoms with Crippen molar-refractivity contribution in [2.24, 2.45) is 23.5 Å². The van der Waals surface area contributed by atoms with Gasteiger partial charge >= 0.3 is 11.9 Å². The van der Waals surface area contributed by atoms with Crippen LogP contribution < -0.4 is 21.7 Å². The third-order valence-corrected chi connectivity index (χ3v) is 5.60. The van der Waals surface area contributed by atoms with Crippen LogP contribution in [0.3, 0.4) is 0 Å². The number of amides is 3. The van der Waals surface area contributed by atoms with E-state index in [9.17, 15) is 29.1 Å². The van der Waals surface area contributed by atoms with Gasteiger partial charge in [0.2, 0.25) is 17.7 Å². The van der Waals surface area contributed by atoms with E-state index in [1.54, 1.807) is 34.6 Å². The second-order valence-corrected chi connectivity index (χ2v) is 8.51. The molecule has 0 aliphatic rings. The Balaban J connectivity index is 5.65. The van der Waals surface area contributed by atoms with Crippen LogP contribution in [0.5, 0.6) is 0 Å². The molecule has 0 aliphatic heterocycles. The number of aliphatic carboxylic acids is 2. The molecule has 7 N–H and O–H groups in total. The molecular formula is C21H38N4O7. The molecular weight excluding hydrogens is 420 g/mol. The Kier molecular flexibility index (Phi) is 12.5. The Labute approximate surface area is 188 Å². The summed E-state index contributed by atoms with van der Waals surface area (Å²) in [7, 11) is 0. The molecule has 0 saturated heterocycles. The minimum absolute atomic E-state index is 0.142. The molecule has 0 spiro atoms. The number of nitrogens with one attached hydrogen (secondary N) is 3. The molecule has 0 bridgehead atoms. The molecule has 3 amide bonds. The van der Waals surface area contributed by atoms with Gasteiger partial charge in [-0.2, -0.15) is 0 Å². The van der Waals surface area contributed by atoms with E-state index in [2.05, 4.69) is 16.0 Å². The van der Waals surface area contributed by atoms with Crippen LogP contribution in [0.4, 0.5) is 0 Å². The zero-order valence-corrected chi connectivity index (χ0v) is 19.7. The Hall–Kier alpha value is -2.69. The third-order valence-electron chi connectivity index (χ3n) is 5.60. The number of carboxylic acids is 2. The van der Waals surface area contributed by atoms with Crippen molar-refractivity contribution in [1.29, 1.82) is 0 Å². The van der Waals surface area contributed by atoms with Crippen LogP contribution >= 0.6 is 0 Å². The number of carbonyl (C=O) groups excluding carboxylic acids is 3. The van der Waals surface area contributed by atoms with Crippen molar-refractivity contribution in [2.45, 2.75) is 85.0 Å². The molecule has 0 radical (unpaired) electrons. The fourth-order valence-corrected chi connectivity index (χ4v) is 2.84. The van der Waals surface area contributed by atoms with Crippen LogP contribution in [0.1, 0.15) is 60.8 Å². The SMILES string of the molecule is CCC(C)C(NC(=O)C(N)C(C)C)C(=O)NC(C(=O)NC(CC(=O)O)C(=O)O)C(C)CC. The summed E-state index contributed by atoms with van der Waals surface area (Å²) in [6, 6.07) is -4.52. The molecule has 11 nitrogen and oxygen atoms in total. The first kappa shape index (κ1) is 29.3. The molecule has 0 aliphatic carbocycles. The molecule has 0 aromatic heterocycles. The predicted octanol–water partition coefficient (Wildman–Crippen LogP) is 0.0756. The lowest BCUT2D eigenvalue weighted by Gasteiger charge is -2.30. The molecule has 0 fully saturated rings. The Morgan fingerprint density at radius 1 is 0.750 bits per heavy atom. The van der Waals surface area contributed by atoms with Gasteiger partial charge in [-0.05, 0) is 17.8 Å². The molecule has 184 valence electrons. The number of carboxylic acid groups (broad SMARTS) is 2. The van der Waals surface area contributed by atoms with Gasteiger partial charge in [-0.25, -0.2) is 4.79 Å². The summed E-state index contributed by atoms with van der Waals surface area (Å²) < 4.78 is 0. The smallest absolute Gasteiger partial charge is 0.326 e. The van der Waals surface area contributed by atoms with Gasteiger partial charge in [-0.1, -0.05) is 54.4 Å². The van der Waals surface area contributed by atoms with E-state index in [0.29, 0.717) is 12.8 Å². The normalized spacial score (nSPS) is 16.8. The Morgan fingerprint density at radius 2 is 1.16 bits per heavy atom. The maximum Gasteiger partial charge on any atom is 0.326 e. The van der Waals surface area contributed by atoms with Gasteiger partial charge in [0.15, 0.2) is 0 Å². The molecule has 0 rings (SSSR count). The predicted molar refractivity (Wildman–Crippen MR) is 117 cm³/mol. The Bertz CT molecular complexity index is 683. The number of carbonyl (C=O) groups is 5. The maximum absolute atomic E-state index is 13.0. The van der Waals surface area contributed by atoms with E-state index in [0.717, 1.165) is 0 Å². The monoisotopic (exact) mass is 458 g/mol. The molecule has 0 aromatic carbocycles. The number of nitrogens with two attached hydrogens (primary N) is 1. The van der Waals surface area contributed by atoms with E-state index < -0.39 is 60.2 Å². The first-order chi connectivity index (χ1) is 14.8. The molecule has 6 unspecified atom stereocenters. The Morgan fingerprint density at radius 3 is 1.50 bits per heavy atom. The molecule has 6 atom stereocenters. The fraction of sp³-hybridized carbons (Fsp3) is 0.762. The lowest BCUT2D eigenvalue weighted by Crippen LogP contribution is -2.60. The molecule has 0 aromatic rings. The summed E-state index contributed by atoms with van der Waals surface area (Å²) in [6.45, 7) is 10.7. The number of hydrogen-bond donors (Lipinski definition) is 6. The zero-order valence-electron chi connectivity index (χ0n) is 19.7. The fourth-order valence-electron chi connectivity index (χ4n) is 2.84. The maximum atomic E-state index is 13.0. The standard InChI is InChI=1S/C21H38N4O7/c1-7-11(5)16(19(29)23-13(21(31)32)9-14(26)27)25-20(30)17(12(6)8-2)24-18(28)15(22)10(3)4/h10-13,15-17H,7-9,22H2,1-6H3,(H,23,29)(H,24,28)(H,25,30)(H,26,27)(H,31,32). The second-order valence-electron chi connectivity index (χ2n) is 8.51. The van der Waals surface area contributed by atoms with Gasteiger partial charge in [0, 0.05) is 0 Å². The van der Waals surface area contributed by atoms with Gasteiger partial charge in [0.05, 0.1) is 12.5 Å². The summed E-state index contributed by atoms with van der Waals surface area (Å²) in [4.78, 5) is 60.5. The van der Waals surface area contributed by atoms with E-state index in [1.165, 1.54) is 0 Å². The van der Waals surface area contributed by atoms with Crippen molar-refractivity contribution in [2.75, 3.05) is 0 Å². The highest BCUT2D eigenvalue weighted by Crippen LogP contribution is 2.13. The van der Waals surface area contributed by atoms with Gasteiger partial charge in [-0.3, -0.25) is 19.2 Å². The highest BCUT2D eigenvalue weighted by molar-refractivity contribution is 5.95. The average molecular weight is 459 g/mol. The summed E-state index contributed by atoms with van der Waals surface area (Å²) >= 11 is 0. The van der Waals surface area contributed by atoms with E-state index in [4.69, 9.17) is 10.8 Å². The summed E-state index contributed by atoms with van der Waals surface area (Å²) in [6.07, 6.45) is 0.240. The van der Waals surface area contributed by atoms with Crippen molar-refractivity contribution in [3.05, 3.63) is 0 Å². The third kappa shape index (κ3) is 9.21. The van der Waals surface area contributed by atoms with Crippen LogP contribution in [0.15, 0.2) is 0 Å². The van der Waals surface area contributed by atoms with Crippen LogP contribution in [0.25, 0.3) is 0 Å². The molecule has 0 saturated carbocycles. The quantitative estimate of drug-likeness (QED) is 0.211. The van der Waals surface area contributed by atoms with Crippen molar-refractivity contribution in [3.63, 3.8) is 0 Å².